The summed E-state index contributed by atoms with van der Waals surface area (Å²) >= 11 is 0. The lowest BCUT2D eigenvalue weighted by Gasteiger charge is -2.19. The summed E-state index contributed by atoms with van der Waals surface area (Å²) in [7, 11) is 1.84. The van der Waals surface area contributed by atoms with Crippen LogP contribution in [0, 0.1) is 5.92 Å². The summed E-state index contributed by atoms with van der Waals surface area (Å²) in [6.07, 6.45) is 4.26. The van der Waals surface area contributed by atoms with Gasteiger partial charge in [0, 0.05) is 19.2 Å². The first-order valence-corrected chi connectivity index (χ1v) is 5.48. The maximum atomic E-state index is 11.6. The molecule has 0 saturated carbocycles. The Bertz CT molecular complexity index is 367. The van der Waals surface area contributed by atoms with Crippen molar-refractivity contribution < 1.29 is 9.53 Å². The molecular weight excluding hydrogens is 204 g/mol. The number of carbonyl (C=O) groups excluding carboxylic acids is 1. The van der Waals surface area contributed by atoms with E-state index in [1.807, 2.05) is 26.1 Å². The second-order valence-corrected chi connectivity index (χ2v) is 4.24. The fourth-order valence-corrected chi connectivity index (χ4v) is 2.00. The highest BCUT2D eigenvalue weighted by atomic mass is 16.5. The van der Waals surface area contributed by atoms with Crippen molar-refractivity contribution in [2.75, 3.05) is 13.7 Å². The van der Waals surface area contributed by atoms with Crippen LogP contribution in [0.2, 0.25) is 0 Å². The third kappa shape index (κ3) is 2.15. The minimum atomic E-state index is 0.118. The molecule has 0 spiro atoms. The van der Waals surface area contributed by atoms with Crippen molar-refractivity contribution in [3.05, 3.63) is 24.5 Å². The number of hydrogen-bond donors (Lipinski definition) is 0. The summed E-state index contributed by atoms with van der Waals surface area (Å²) in [5.74, 6) is 1.08. The van der Waals surface area contributed by atoms with Crippen LogP contribution in [0.3, 0.4) is 0 Å². The van der Waals surface area contributed by atoms with E-state index in [2.05, 4.69) is 4.98 Å². The van der Waals surface area contributed by atoms with E-state index >= 15 is 0 Å². The summed E-state index contributed by atoms with van der Waals surface area (Å²) in [4.78, 5) is 17.3. The Labute approximate surface area is 95.2 Å². The van der Waals surface area contributed by atoms with Crippen molar-refractivity contribution in [3.8, 4) is 5.75 Å². The Morgan fingerprint density at radius 1 is 1.62 bits per heavy atom. The van der Waals surface area contributed by atoms with Gasteiger partial charge in [0.2, 0.25) is 5.91 Å². The Morgan fingerprint density at radius 2 is 2.44 bits per heavy atom. The lowest BCUT2D eigenvalue weighted by molar-refractivity contribution is -0.130. The zero-order valence-electron chi connectivity index (χ0n) is 9.59. The first-order valence-electron chi connectivity index (χ1n) is 5.48. The number of nitrogens with zero attached hydrogens (tertiary/aromatic N) is 2. The number of rotatable bonds is 3. The van der Waals surface area contributed by atoms with Gasteiger partial charge in [-0.3, -0.25) is 9.78 Å². The molecule has 86 valence electrons. The van der Waals surface area contributed by atoms with Gasteiger partial charge in [-0.2, -0.15) is 0 Å². The number of amides is 1. The van der Waals surface area contributed by atoms with Crippen LogP contribution in [0.25, 0.3) is 0 Å². The second kappa shape index (κ2) is 4.51. The average molecular weight is 220 g/mol. The van der Waals surface area contributed by atoms with E-state index in [-0.39, 0.29) is 17.9 Å². The van der Waals surface area contributed by atoms with Crippen molar-refractivity contribution in [2.45, 2.75) is 19.4 Å². The minimum Gasteiger partial charge on any atom is -0.490 e. The molecule has 2 rings (SSSR count). The molecule has 1 aliphatic rings. The molecule has 0 aromatic carbocycles. The summed E-state index contributed by atoms with van der Waals surface area (Å²) < 4.78 is 5.60. The molecule has 1 amide bonds. The van der Waals surface area contributed by atoms with Gasteiger partial charge in [-0.15, -0.1) is 0 Å². The molecule has 0 bridgehead atoms. The van der Waals surface area contributed by atoms with E-state index in [9.17, 15) is 4.79 Å². The fourth-order valence-electron chi connectivity index (χ4n) is 2.00. The molecule has 0 radical (unpaired) electrons. The number of aromatic nitrogens is 1. The van der Waals surface area contributed by atoms with Crippen LogP contribution in [0.1, 0.15) is 13.3 Å². The van der Waals surface area contributed by atoms with Gasteiger partial charge >= 0.3 is 0 Å². The first kappa shape index (κ1) is 10.9. The maximum absolute atomic E-state index is 11.6. The Balaban J connectivity index is 1.90. The van der Waals surface area contributed by atoms with Crippen molar-refractivity contribution in [1.82, 2.24) is 9.88 Å². The minimum absolute atomic E-state index is 0.118. The maximum Gasteiger partial charge on any atom is 0.225 e. The summed E-state index contributed by atoms with van der Waals surface area (Å²) in [5.41, 5.74) is 0. The van der Waals surface area contributed by atoms with Crippen LogP contribution in [0.5, 0.6) is 5.75 Å². The molecule has 1 aromatic rings. The Morgan fingerprint density at radius 3 is 3.00 bits per heavy atom. The van der Waals surface area contributed by atoms with Crippen molar-refractivity contribution in [1.29, 1.82) is 0 Å². The van der Waals surface area contributed by atoms with Gasteiger partial charge in [0.05, 0.1) is 12.2 Å². The largest absolute Gasteiger partial charge is 0.490 e. The van der Waals surface area contributed by atoms with Gasteiger partial charge in [-0.05, 0) is 18.6 Å². The molecule has 1 saturated heterocycles. The van der Waals surface area contributed by atoms with Crippen LogP contribution in [0.15, 0.2) is 24.5 Å². The molecule has 16 heavy (non-hydrogen) atoms. The van der Waals surface area contributed by atoms with E-state index in [0.29, 0.717) is 6.61 Å². The Kier molecular flexibility index (Phi) is 3.08. The fraction of sp³-hybridized carbons (Fsp3) is 0.500. The average Bonchev–Trinajstić information content (AvgIpc) is 2.56. The number of carbonyl (C=O) groups is 1. The molecule has 1 aliphatic heterocycles. The monoisotopic (exact) mass is 220 g/mol. The van der Waals surface area contributed by atoms with Crippen molar-refractivity contribution in [3.63, 3.8) is 0 Å². The lowest BCUT2D eigenvalue weighted by atomic mass is 10.1. The predicted molar refractivity (Wildman–Crippen MR) is 60.1 cm³/mol. The highest BCUT2D eigenvalue weighted by Gasteiger charge is 2.34. The Hall–Kier alpha value is -1.58. The summed E-state index contributed by atoms with van der Waals surface area (Å²) in [6, 6.07) is 3.89. The predicted octanol–water partition coefficient (Wildman–Crippen LogP) is 1.33. The molecule has 4 heteroatoms. The van der Waals surface area contributed by atoms with Gasteiger partial charge in [0.15, 0.2) is 0 Å². The molecular formula is C12H16N2O2. The molecule has 0 N–H and O–H groups in total. The van der Waals surface area contributed by atoms with Gasteiger partial charge in [0.1, 0.15) is 12.4 Å². The number of hydrogen-bond acceptors (Lipinski definition) is 3. The van der Waals surface area contributed by atoms with Crippen LogP contribution in [-0.4, -0.2) is 35.5 Å². The summed E-state index contributed by atoms with van der Waals surface area (Å²) in [5, 5.41) is 0. The number of likely N-dealkylation sites (N-methyl/N-ethyl adjacent to an activating group) is 1. The van der Waals surface area contributed by atoms with E-state index in [1.165, 1.54) is 0 Å². The smallest absolute Gasteiger partial charge is 0.225 e. The molecule has 1 fully saturated rings. The third-order valence-corrected chi connectivity index (χ3v) is 3.02. The molecule has 2 heterocycles. The van der Waals surface area contributed by atoms with E-state index < -0.39 is 0 Å². The molecule has 4 nitrogen and oxygen atoms in total. The highest BCUT2D eigenvalue weighted by molar-refractivity contribution is 5.80. The van der Waals surface area contributed by atoms with E-state index in [1.54, 1.807) is 17.3 Å². The molecule has 2 unspecified atom stereocenters. The SMILES string of the molecule is CC1CC(COc2cccnc2)N(C)C1=O. The van der Waals surface area contributed by atoms with Crippen molar-refractivity contribution in [2.24, 2.45) is 5.92 Å². The normalized spacial score (nSPS) is 24.9. The number of ether oxygens (including phenoxy) is 1. The van der Waals surface area contributed by atoms with E-state index in [4.69, 9.17) is 4.74 Å². The highest BCUT2D eigenvalue weighted by Crippen LogP contribution is 2.23. The third-order valence-electron chi connectivity index (χ3n) is 3.02. The zero-order valence-corrected chi connectivity index (χ0v) is 9.59. The van der Waals surface area contributed by atoms with Crippen molar-refractivity contribution >= 4 is 5.91 Å². The standard InChI is InChI=1S/C12H16N2O2/c1-9-6-10(14(2)12(9)15)8-16-11-4-3-5-13-7-11/h3-5,7,9-10H,6,8H2,1-2H3. The summed E-state index contributed by atoms with van der Waals surface area (Å²) in [6.45, 7) is 2.50. The van der Waals surface area contributed by atoms with Gasteiger partial charge in [-0.1, -0.05) is 6.92 Å². The topological polar surface area (TPSA) is 42.4 Å². The van der Waals surface area contributed by atoms with Gasteiger partial charge < -0.3 is 9.64 Å². The second-order valence-electron chi connectivity index (χ2n) is 4.24. The molecule has 2 atom stereocenters. The quantitative estimate of drug-likeness (QED) is 0.771. The number of likely N-dealkylation sites (tertiary alicyclic amines) is 1. The first-order chi connectivity index (χ1) is 7.68. The van der Waals surface area contributed by atoms with Crippen LogP contribution in [-0.2, 0) is 4.79 Å². The van der Waals surface area contributed by atoms with Crippen LogP contribution in [0.4, 0.5) is 0 Å². The van der Waals surface area contributed by atoms with E-state index in [0.717, 1.165) is 12.2 Å². The van der Waals surface area contributed by atoms with Gasteiger partial charge in [-0.25, -0.2) is 0 Å². The zero-order chi connectivity index (χ0) is 11.5. The van der Waals surface area contributed by atoms with Crippen LogP contribution >= 0.6 is 0 Å². The van der Waals surface area contributed by atoms with Crippen LogP contribution < -0.4 is 4.74 Å². The lowest BCUT2D eigenvalue weighted by Crippen LogP contribution is -2.33. The molecule has 1 aromatic heterocycles. The molecule has 0 aliphatic carbocycles. The number of pyridine rings is 1. The van der Waals surface area contributed by atoms with Gasteiger partial charge in [0.25, 0.3) is 0 Å².